The number of rotatable bonds is 11. The zero-order valence-electron chi connectivity index (χ0n) is 21.2. The van der Waals surface area contributed by atoms with Crippen LogP contribution in [0.4, 0.5) is 5.82 Å². The van der Waals surface area contributed by atoms with Crippen molar-refractivity contribution in [2.45, 2.75) is 36.8 Å². The van der Waals surface area contributed by atoms with Gasteiger partial charge in [-0.3, -0.25) is 9.78 Å². The predicted octanol–water partition coefficient (Wildman–Crippen LogP) is 3.09. The Hall–Kier alpha value is -4.16. The Morgan fingerprint density at radius 1 is 1.11 bits per heavy atom. The second-order valence-corrected chi connectivity index (χ2v) is 9.41. The fourth-order valence-electron chi connectivity index (χ4n) is 3.44. The maximum Gasteiger partial charge on any atom is 0.269 e. The molecule has 196 valence electrons. The Bertz CT molecular complexity index is 1360. The molecule has 2 atom stereocenters. The average Bonchev–Trinajstić information content (AvgIpc) is 2.93. The molecule has 0 saturated heterocycles. The van der Waals surface area contributed by atoms with Crippen molar-refractivity contribution in [1.29, 1.82) is 10.5 Å². The van der Waals surface area contributed by atoms with Gasteiger partial charge in [-0.2, -0.15) is 10.5 Å². The number of pyridine rings is 2. The van der Waals surface area contributed by atoms with E-state index in [0.29, 0.717) is 27.7 Å². The lowest BCUT2D eigenvalue weighted by Crippen LogP contribution is -2.19. The van der Waals surface area contributed by atoms with E-state index in [-0.39, 0.29) is 41.7 Å². The van der Waals surface area contributed by atoms with Gasteiger partial charge in [0.1, 0.15) is 46.6 Å². The van der Waals surface area contributed by atoms with E-state index in [4.69, 9.17) is 4.74 Å². The smallest absolute Gasteiger partial charge is 0.269 e. The first-order valence-electron chi connectivity index (χ1n) is 11.8. The van der Waals surface area contributed by atoms with Gasteiger partial charge < -0.3 is 25.6 Å². The molecule has 0 aliphatic carbocycles. The predicted molar refractivity (Wildman–Crippen MR) is 144 cm³/mol. The summed E-state index contributed by atoms with van der Waals surface area (Å²) < 4.78 is 5.54. The molecule has 3 rings (SSSR count). The molecule has 0 spiro atoms. The molecule has 1 unspecified atom stereocenters. The minimum Gasteiger partial charge on any atom is -0.491 e. The van der Waals surface area contributed by atoms with Crippen molar-refractivity contribution in [3.8, 4) is 29.0 Å². The van der Waals surface area contributed by atoms with Gasteiger partial charge in [0.15, 0.2) is 0 Å². The molecular weight excluding hydrogens is 504 g/mol. The highest BCUT2D eigenvalue weighted by Gasteiger charge is 2.22. The largest absolute Gasteiger partial charge is 0.491 e. The zero-order valence-corrected chi connectivity index (χ0v) is 22.0. The standard InChI is InChI=1S/C27H28N6O4S/c1-16(34)13-32-25-21(11-28)24(19-4-6-20(7-5-19)37-14-17(2)35)22(12-29)27(33-25)38-15-18-8-9-31-23(10-18)26(36)30-3/h4-10,16-17,34-35H,13-15H2,1-3H3,(H,30,36)(H,32,33)/t16?,17-/m0/s1. The second kappa shape index (κ2) is 13.4. The van der Waals surface area contributed by atoms with Crippen LogP contribution in [0.3, 0.4) is 0 Å². The molecule has 0 fully saturated rings. The number of benzene rings is 1. The molecule has 3 aromatic rings. The average molecular weight is 533 g/mol. The van der Waals surface area contributed by atoms with Gasteiger partial charge >= 0.3 is 0 Å². The van der Waals surface area contributed by atoms with Crippen LogP contribution in [0, 0.1) is 22.7 Å². The number of nitrogens with zero attached hydrogens (tertiary/aromatic N) is 4. The summed E-state index contributed by atoms with van der Waals surface area (Å²) in [6.07, 6.45) is 0.226. The van der Waals surface area contributed by atoms with E-state index in [0.717, 1.165) is 5.56 Å². The van der Waals surface area contributed by atoms with Gasteiger partial charge in [-0.1, -0.05) is 12.1 Å². The summed E-state index contributed by atoms with van der Waals surface area (Å²) in [6, 6.07) is 14.7. The van der Waals surface area contributed by atoms with Gasteiger partial charge in [0.2, 0.25) is 0 Å². The quantitative estimate of drug-likeness (QED) is 0.270. The number of anilines is 1. The molecule has 38 heavy (non-hydrogen) atoms. The maximum atomic E-state index is 12.0. The first kappa shape index (κ1) is 28.4. The highest BCUT2D eigenvalue weighted by molar-refractivity contribution is 7.98. The molecule has 0 radical (unpaired) electrons. The first-order valence-corrected chi connectivity index (χ1v) is 12.8. The van der Waals surface area contributed by atoms with E-state index in [1.165, 1.54) is 18.8 Å². The third-order valence-corrected chi connectivity index (χ3v) is 6.29. The maximum absolute atomic E-state index is 12.0. The number of carbonyl (C=O) groups excluding carboxylic acids is 1. The number of aliphatic hydroxyl groups is 2. The van der Waals surface area contributed by atoms with Crippen LogP contribution in [-0.2, 0) is 5.75 Å². The third-order valence-electron chi connectivity index (χ3n) is 5.25. The molecule has 0 bridgehead atoms. The van der Waals surface area contributed by atoms with E-state index in [1.54, 1.807) is 56.4 Å². The van der Waals surface area contributed by atoms with Crippen LogP contribution in [0.1, 0.15) is 41.0 Å². The highest BCUT2D eigenvalue weighted by Crippen LogP contribution is 2.38. The molecule has 4 N–H and O–H groups in total. The third kappa shape index (κ3) is 7.20. The van der Waals surface area contributed by atoms with Crippen molar-refractivity contribution in [2.75, 3.05) is 25.5 Å². The van der Waals surface area contributed by atoms with Crippen LogP contribution in [0.2, 0.25) is 0 Å². The number of nitriles is 2. The SMILES string of the molecule is CNC(=O)c1cc(CSc2nc(NCC(C)O)c(C#N)c(-c3ccc(OC[C@H](C)O)cc3)c2C#N)ccn1. The molecule has 11 heteroatoms. The highest BCUT2D eigenvalue weighted by atomic mass is 32.2. The minimum atomic E-state index is -0.691. The summed E-state index contributed by atoms with van der Waals surface area (Å²) in [5.41, 5.74) is 2.50. The molecule has 1 aromatic carbocycles. The number of aliphatic hydroxyl groups excluding tert-OH is 2. The van der Waals surface area contributed by atoms with Crippen molar-refractivity contribution < 1.29 is 19.7 Å². The number of aromatic nitrogens is 2. The Morgan fingerprint density at radius 2 is 1.82 bits per heavy atom. The van der Waals surface area contributed by atoms with Gasteiger partial charge in [-0.25, -0.2) is 4.98 Å². The van der Waals surface area contributed by atoms with Crippen LogP contribution in [0.15, 0.2) is 47.6 Å². The second-order valence-electron chi connectivity index (χ2n) is 8.45. The number of hydrogen-bond donors (Lipinski definition) is 4. The van der Waals surface area contributed by atoms with Gasteiger partial charge in [0.05, 0.1) is 17.8 Å². The van der Waals surface area contributed by atoms with Crippen molar-refractivity contribution >= 4 is 23.5 Å². The van der Waals surface area contributed by atoms with Crippen molar-refractivity contribution in [3.05, 3.63) is 65.0 Å². The van der Waals surface area contributed by atoms with E-state index in [2.05, 4.69) is 32.7 Å². The number of nitrogens with one attached hydrogen (secondary N) is 2. The topological polar surface area (TPSA) is 164 Å². The Balaban J connectivity index is 2.05. The van der Waals surface area contributed by atoms with Crippen LogP contribution in [0.5, 0.6) is 5.75 Å². The van der Waals surface area contributed by atoms with Crippen LogP contribution in [0.25, 0.3) is 11.1 Å². The summed E-state index contributed by atoms with van der Waals surface area (Å²) >= 11 is 1.29. The summed E-state index contributed by atoms with van der Waals surface area (Å²) in [6.45, 7) is 3.52. The first-order chi connectivity index (χ1) is 18.3. The normalized spacial score (nSPS) is 12.1. The van der Waals surface area contributed by atoms with Crippen molar-refractivity contribution in [1.82, 2.24) is 15.3 Å². The van der Waals surface area contributed by atoms with Crippen LogP contribution in [-0.4, -0.2) is 58.5 Å². The van der Waals surface area contributed by atoms with Crippen molar-refractivity contribution in [3.63, 3.8) is 0 Å². The summed E-state index contributed by atoms with van der Waals surface area (Å²) in [4.78, 5) is 20.6. The molecule has 2 aromatic heterocycles. The molecular formula is C27H28N6O4S. The molecule has 0 saturated carbocycles. The van der Waals surface area contributed by atoms with Crippen LogP contribution >= 0.6 is 11.8 Å². The Kier molecular flexibility index (Phi) is 10.0. The van der Waals surface area contributed by atoms with Gasteiger partial charge in [0, 0.05) is 31.1 Å². The molecule has 10 nitrogen and oxygen atoms in total. The fraction of sp³-hybridized carbons (Fsp3) is 0.296. The lowest BCUT2D eigenvalue weighted by atomic mass is 9.96. The minimum absolute atomic E-state index is 0.131. The molecule has 0 aliphatic heterocycles. The number of ether oxygens (including phenoxy) is 1. The van der Waals surface area contributed by atoms with Crippen LogP contribution < -0.4 is 15.4 Å². The monoisotopic (exact) mass is 532 g/mol. The summed E-state index contributed by atoms with van der Waals surface area (Å²) in [5.74, 6) is 0.868. The summed E-state index contributed by atoms with van der Waals surface area (Å²) in [7, 11) is 1.53. The lowest BCUT2D eigenvalue weighted by molar-refractivity contribution is 0.0958. The van der Waals surface area contributed by atoms with Gasteiger partial charge in [0.25, 0.3) is 5.91 Å². The number of amides is 1. The van der Waals surface area contributed by atoms with Gasteiger partial charge in [-0.05, 0) is 49.2 Å². The molecule has 2 heterocycles. The molecule has 0 aliphatic rings. The Labute approximate surface area is 225 Å². The zero-order chi connectivity index (χ0) is 27.7. The number of carbonyl (C=O) groups is 1. The molecule has 1 amide bonds. The number of hydrogen-bond acceptors (Lipinski definition) is 10. The van der Waals surface area contributed by atoms with E-state index < -0.39 is 12.2 Å². The van der Waals surface area contributed by atoms with Gasteiger partial charge in [-0.15, -0.1) is 11.8 Å². The fourth-order valence-corrected chi connectivity index (χ4v) is 4.38. The summed E-state index contributed by atoms with van der Waals surface area (Å²) in [5, 5.41) is 45.4. The van der Waals surface area contributed by atoms with Crippen molar-refractivity contribution in [2.24, 2.45) is 0 Å². The number of thioether (sulfide) groups is 1. The van der Waals surface area contributed by atoms with E-state index >= 15 is 0 Å². The lowest BCUT2D eigenvalue weighted by Gasteiger charge is -2.17. The van der Waals surface area contributed by atoms with E-state index in [9.17, 15) is 25.5 Å². The van der Waals surface area contributed by atoms with E-state index in [1.807, 2.05) is 0 Å². The Morgan fingerprint density at radius 3 is 2.42 bits per heavy atom.